The molecular formula is C37H45F3N6O3S. The second-order valence-electron chi connectivity index (χ2n) is 12.1. The molecule has 1 saturated heterocycles. The number of nitrogens with one attached hydrogen (secondary N) is 2. The van der Waals surface area contributed by atoms with Gasteiger partial charge in [0, 0.05) is 62.4 Å². The number of carbonyl (C=O) groups excluding carboxylic acids is 1. The maximum Gasteiger partial charge on any atom is 0.490 e. The number of anilines is 1. The number of benzene rings is 3. The lowest BCUT2D eigenvalue weighted by Gasteiger charge is -2.33. The highest BCUT2D eigenvalue weighted by atomic mass is 32.1. The van der Waals surface area contributed by atoms with Crippen molar-refractivity contribution in [2.45, 2.75) is 45.6 Å². The van der Waals surface area contributed by atoms with E-state index in [4.69, 9.17) is 14.9 Å². The number of nitrogens with zero attached hydrogens (tertiary/aromatic N) is 4. The lowest BCUT2D eigenvalue weighted by atomic mass is 10.1. The zero-order valence-electron chi connectivity index (χ0n) is 28.5. The van der Waals surface area contributed by atoms with Gasteiger partial charge < -0.3 is 30.4 Å². The van der Waals surface area contributed by atoms with Crippen LogP contribution >= 0.6 is 11.3 Å². The molecule has 3 aromatic carbocycles. The molecule has 1 aliphatic heterocycles. The van der Waals surface area contributed by atoms with E-state index in [2.05, 4.69) is 100 Å². The number of hydrogen-bond acceptors (Lipinski definition) is 7. The Labute approximate surface area is 295 Å². The minimum atomic E-state index is -5.08. The van der Waals surface area contributed by atoms with E-state index >= 15 is 0 Å². The van der Waals surface area contributed by atoms with Crippen LogP contribution < -0.4 is 10.6 Å². The summed E-state index contributed by atoms with van der Waals surface area (Å²) in [6.07, 6.45) is -3.17. The van der Waals surface area contributed by atoms with Crippen molar-refractivity contribution in [1.29, 1.82) is 0 Å². The Morgan fingerprint density at radius 3 is 2.10 bits per heavy atom. The van der Waals surface area contributed by atoms with Crippen molar-refractivity contribution in [3.05, 3.63) is 107 Å². The third-order valence-corrected chi connectivity index (χ3v) is 9.19. The van der Waals surface area contributed by atoms with Gasteiger partial charge in [0.25, 0.3) is 0 Å². The van der Waals surface area contributed by atoms with Crippen molar-refractivity contribution in [2.24, 2.45) is 0 Å². The number of amides is 2. The van der Waals surface area contributed by atoms with Crippen LogP contribution in [0, 0.1) is 0 Å². The molecule has 0 radical (unpaired) electrons. The minimum Gasteiger partial charge on any atom is -0.475 e. The number of halogens is 3. The number of piperazine rings is 1. The van der Waals surface area contributed by atoms with Crippen molar-refractivity contribution in [3.63, 3.8) is 0 Å². The minimum absolute atomic E-state index is 0.0791. The van der Waals surface area contributed by atoms with Crippen LogP contribution in [0.4, 0.5) is 23.7 Å². The van der Waals surface area contributed by atoms with Crippen molar-refractivity contribution in [1.82, 2.24) is 25.0 Å². The van der Waals surface area contributed by atoms with E-state index in [0.717, 1.165) is 80.6 Å². The molecule has 50 heavy (non-hydrogen) atoms. The van der Waals surface area contributed by atoms with E-state index in [1.807, 2.05) is 23.1 Å². The highest BCUT2D eigenvalue weighted by Gasteiger charge is 2.38. The number of likely N-dealkylation sites (N-methyl/N-ethyl adjacent to an activating group) is 1. The number of aryl methyl sites for hydroxylation is 1. The smallest absolute Gasteiger partial charge is 0.475 e. The molecule has 1 fully saturated rings. The SMILES string of the molecule is CCc1ccc(NC(=O)N(CCCN2CCN(C)CC2)Cc2csc(-c3ccc(CNCc4ccccc4)cc3)n2)cc1.O=C(O)C(F)(F)F. The molecule has 1 aliphatic rings. The molecule has 268 valence electrons. The molecular weight excluding hydrogens is 666 g/mol. The Kier molecular flexibility index (Phi) is 14.8. The molecule has 0 saturated carbocycles. The summed E-state index contributed by atoms with van der Waals surface area (Å²) >= 11 is 1.63. The topological polar surface area (TPSA) is 101 Å². The molecule has 9 nitrogen and oxygen atoms in total. The number of alkyl halides is 3. The van der Waals surface area contributed by atoms with Crippen LogP contribution in [0.15, 0.2) is 84.2 Å². The van der Waals surface area contributed by atoms with Gasteiger partial charge in [0.2, 0.25) is 0 Å². The average molecular weight is 711 g/mol. The summed E-state index contributed by atoms with van der Waals surface area (Å²) in [5.74, 6) is -2.76. The van der Waals surface area contributed by atoms with Gasteiger partial charge in [-0.3, -0.25) is 0 Å². The van der Waals surface area contributed by atoms with Gasteiger partial charge in [-0.25, -0.2) is 14.6 Å². The Bertz CT molecular complexity index is 1610. The summed E-state index contributed by atoms with van der Waals surface area (Å²) in [6, 6.07) is 27.1. The summed E-state index contributed by atoms with van der Waals surface area (Å²) in [5.41, 5.74) is 6.63. The number of carboxylic acid groups (broad SMARTS) is 1. The molecule has 0 aliphatic carbocycles. The molecule has 5 rings (SSSR count). The van der Waals surface area contributed by atoms with Gasteiger partial charge in [-0.05, 0) is 55.3 Å². The van der Waals surface area contributed by atoms with E-state index in [1.54, 1.807) is 11.3 Å². The first-order valence-corrected chi connectivity index (χ1v) is 17.5. The molecule has 2 heterocycles. The Morgan fingerprint density at radius 2 is 1.50 bits per heavy atom. The molecule has 4 aromatic rings. The highest BCUT2D eigenvalue weighted by Crippen LogP contribution is 2.25. The van der Waals surface area contributed by atoms with Crippen LogP contribution in [-0.2, 0) is 30.8 Å². The van der Waals surface area contributed by atoms with Crippen molar-refractivity contribution in [3.8, 4) is 10.6 Å². The molecule has 2 amide bonds. The number of carbonyl (C=O) groups is 2. The van der Waals surface area contributed by atoms with Crippen molar-refractivity contribution >= 4 is 29.0 Å². The summed E-state index contributed by atoms with van der Waals surface area (Å²) in [4.78, 5) is 34.1. The van der Waals surface area contributed by atoms with E-state index in [1.165, 1.54) is 16.7 Å². The van der Waals surface area contributed by atoms with Gasteiger partial charge in [-0.15, -0.1) is 11.3 Å². The van der Waals surface area contributed by atoms with E-state index in [-0.39, 0.29) is 6.03 Å². The number of urea groups is 1. The fourth-order valence-corrected chi connectivity index (χ4v) is 6.07. The molecule has 13 heteroatoms. The zero-order valence-corrected chi connectivity index (χ0v) is 29.3. The largest absolute Gasteiger partial charge is 0.490 e. The van der Waals surface area contributed by atoms with Crippen LogP contribution in [0.25, 0.3) is 10.6 Å². The first kappa shape index (κ1) is 38.5. The number of rotatable bonds is 13. The predicted octanol–water partition coefficient (Wildman–Crippen LogP) is 6.97. The quantitative estimate of drug-likeness (QED) is 0.138. The van der Waals surface area contributed by atoms with Crippen molar-refractivity contribution in [2.75, 3.05) is 51.6 Å². The van der Waals surface area contributed by atoms with E-state index in [9.17, 15) is 18.0 Å². The van der Waals surface area contributed by atoms with Crippen molar-refractivity contribution < 1.29 is 27.9 Å². The predicted molar refractivity (Wildman–Crippen MR) is 192 cm³/mol. The molecule has 0 bridgehead atoms. The van der Waals surface area contributed by atoms with Gasteiger partial charge in [-0.2, -0.15) is 13.2 Å². The number of aliphatic carboxylic acids is 1. The monoisotopic (exact) mass is 710 g/mol. The highest BCUT2D eigenvalue weighted by molar-refractivity contribution is 7.13. The van der Waals surface area contributed by atoms with Crippen LogP contribution in [0.2, 0.25) is 0 Å². The Morgan fingerprint density at radius 1 is 0.900 bits per heavy atom. The maximum absolute atomic E-state index is 13.5. The second-order valence-corrected chi connectivity index (χ2v) is 13.0. The van der Waals surface area contributed by atoms with Crippen LogP contribution in [0.1, 0.15) is 35.7 Å². The Balaban J connectivity index is 0.000000727. The summed E-state index contributed by atoms with van der Waals surface area (Å²) in [5, 5.41) is 16.8. The normalized spacial score (nSPS) is 13.7. The number of carboxylic acids is 1. The standard InChI is InChI=1S/C35H44N6OS.C2HF3O2/c1-3-28-12-16-32(17-13-28)38-35(42)41(19-7-18-40-22-20-39(2)21-23-40)26-33-27-43-34(37-33)31-14-10-30(11-15-31)25-36-24-29-8-5-4-6-9-29;3-2(4,5)1(6)7/h4-6,8-17,27,36H,3,7,18-26H2,1-2H3,(H,38,42);(H,6,7). The van der Waals surface area contributed by atoms with Gasteiger partial charge in [0.05, 0.1) is 12.2 Å². The van der Waals surface area contributed by atoms with Crippen LogP contribution in [0.5, 0.6) is 0 Å². The molecule has 1 aromatic heterocycles. The first-order chi connectivity index (χ1) is 24.0. The average Bonchev–Trinajstić information content (AvgIpc) is 3.58. The summed E-state index contributed by atoms with van der Waals surface area (Å²) < 4.78 is 31.7. The molecule has 0 atom stereocenters. The number of hydrogen-bond donors (Lipinski definition) is 3. The lowest BCUT2D eigenvalue weighted by Crippen LogP contribution is -2.45. The van der Waals surface area contributed by atoms with Crippen LogP contribution in [0.3, 0.4) is 0 Å². The summed E-state index contributed by atoms with van der Waals surface area (Å²) in [6.45, 7) is 10.3. The van der Waals surface area contributed by atoms with Crippen LogP contribution in [-0.4, -0.2) is 89.3 Å². The summed E-state index contributed by atoms with van der Waals surface area (Å²) in [7, 11) is 2.18. The molecule has 0 spiro atoms. The second kappa shape index (κ2) is 19.2. The maximum atomic E-state index is 13.5. The van der Waals surface area contributed by atoms with E-state index < -0.39 is 12.1 Å². The van der Waals surface area contributed by atoms with Gasteiger partial charge in [0.1, 0.15) is 5.01 Å². The number of thiazole rings is 1. The van der Waals surface area contributed by atoms with E-state index in [0.29, 0.717) is 13.1 Å². The van der Waals surface area contributed by atoms with Gasteiger partial charge in [0.15, 0.2) is 0 Å². The number of aromatic nitrogens is 1. The third kappa shape index (κ3) is 12.9. The fraction of sp³-hybridized carbons (Fsp3) is 0.378. The van der Waals surface area contributed by atoms with Gasteiger partial charge in [-0.1, -0.05) is 73.7 Å². The lowest BCUT2D eigenvalue weighted by molar-refractivity contribution is -0.192. The Hall–Kier alpha value is -4.30. The zero-order chi connectivity index (χ0) is 35.9. The third-order valence-electron chi connectivity index (χ3n) is 8.25. The molecule has 0 unspecified atom stereocenters. The van der Waals surface area contributed by atoms with Gasteiger partial charge >= 0.3 is 18.2 Å². The fourth-order valence-electron chi connectivity index (χ4n) is 5.26. The first-order valence-electron chi connectivity index (χ1n) is 16.6. The molecule has 3 N–H and O–H groups in total.